The van der Waals surface area contributed by atoms with Crippen LogP contribution in [-0.2, 0) is 4.79 Å². The van der Waals surface area contributed by atoms with Gasteiger partial charge < -0.3 is 16.4 Å². The van der Waals surface area contributed by atoms with Crippen molar-refractivity contribution in [3.05, 3.63) is 75.0 Å². The molecule has 0 spiro atoms. The molecule has 0 bridgehead atoms. The third-order valence-corrected chi connectivity index (χ3v) is 5.07. The molecular formula is C20H18ClN5O3S. The van der Waals surface area contributed by atoms with Crippen LogP contribution in [0.2, 0.25) is 5.02 Å². The summed E-state index contributed by atoms with van der Waals surface area (Å²) in [5.74, 6) is -0.906. The fourth-order valence-electron chi connectivity index (χ4n) is 2.41. The Balaban J connectivity index is 1.63. The maximum absolute atomic E-state index is 12.3. The van der Waals surface area contributed by atoms with E-state index < -0.39 is 11.5 Å². The average Bonchev–Trinajstić information content (AvgIpc) is 2.71. The Kier molecular flexibility index (Phi) is 6.76. The van der Waals surface area contributed by atoms with Crippen molar-refractivity contribution < 1.29 is 9.59 Å². The number of halogens is 1. The number of aryl methyl sites for hydroxylation is 1. The highest BCUT2D eigenvalue weighted by Crippen LogP contribution is 2.18. The van der Waals surface area contributed by atoms with Crippen LogP contribution in [0.3, 0.4) is 0 Å². The van der Waals surface area contributed by atoms with Crippen LogP contribution in [0.15, 0.2) is 58.5 Å². The Bertz CT molecular complexity index is 1130. The van der Waals surface area contributed by atoms with E-state index in [1.54, 1.807) is 48.5 Å². The summed E-state index contributed by atoms with van der Waals surface area (Å²) in [6.45, 7) is 1.90. The molecule has 30 heavy (non-hydrogen) atoms. The fourth-order valence-corrected chi connectivity index (χ4v) is 3.21. The molecule has 2 amide bonds. The van der Waals surface area contributed by atoms with Gasteiger partial charge in [0.2, 0.25) is 5.91 Å². The minimum absolute atomic E-state index is 0.0000780. The first-order chi connectivity index (χ1) is 14.3. The zero-order valence-corrected chi connectivity index (χ0v) is 17.4. The van der Waals surface area contributed by atoms with E-state index in [4.69, 9.17) is 17.3 Å². The molecule has 10 heteroatoms. The van der Waals surface area contributed by atoms with Gasteiger partial charge in [-0.05, 0) is 43.3 Å². The molecule has 0 atom stereocenters. The lowest BCUT2D eigenvalue weighted by atomic mass is 10.1. The topological polar surface area (TPSA) is 130 Å². The maximum atomic E-state index is 12.3. The molecule has 0 aliphatic carbocycles. The molecule has 2 aromatic carbocycles. The lowest BCUT2D eigenvalue weighted by Crippen LogP contribution is -2.23. The highest BCUT2D eigenvalue weighted by molar-refractivity contribution is 7.99. The van der Waals surface area contributed by atoms with Gasteiger partial charge in [-0.2, -0.15) is 0 Å². The van der Waals surface area contributed by atoms with Gasteiger partial charge in [-0.15, -0.1) is 0 Å². The Morgan fingerprint density at radius 3 is 2.40 bits per heavy atom. The van der Waals surface area contributed by atoms with Crippen LogP contribution < -0.4 is 21.9 Å². The number of amides is 2. The first-order valence-electron chi connectivity index (χ1n) is 8.78. The van der Waals surface area contributed by atoms with Crippen molar-refractivity contribution in [3.8, 4) is 0 Å². The third kappa shape index (κ3) is 5.62. The number of anilines is 3. The number of hydrogen-bond acceptors (Lipinski definition) is 6. The number of nitrogen functional groups attached to an aromatic ring is 1. The van der Waals surface area contributed by atoms with E-state index in [-0.39, 0.29) is 28.3 Å². The van der Waals surface area contributed by atoms with Crippen LogP contribution in [0.4, 0.5) is 17.2 Å². The Hall–Kier alpha value is -3.30. The number of aromatic amines is 1. The van der Waals surface area contributed by atoms with Crippen LogP contribution in [0.1, 0.15) is 15.9 Å². The summed E-state index contributed by atoms with van der Waals surface area (Å²) in [4.78, 5) is 43.3. The molecule has 1 heterocycles. The van der Waals surface area contributed by atoms with Gasteiger partial charge in [0, 0.05) is 16.3 Å². The minimum Gasteiger partial charge on any atom is -0.382 e. The molecule has 1 aromatic heterocycles. The number of nitrogens with two attached hydrogens (primary N) is 1. The van der Waals surface area contributed by atoms with Crippen LogP contribution in [0.5, 0.6) is 0 Å². The van der Waals surface area contributed by atoms with Gasteiger partial charge in [-0.3, -0.25) is 19.4 Å². The first-order valence-corrected chi connectivity index (χ1v) is 10.1. The molecule has 0 saturated carbocycles. The molecule has 0 fully saturated rings. The number of hydrogen-bond donors (Lipinski definition) is 4. The number of H-pyrrole nitrogens is 1. The number of thioether (sulfide) groups is 1. The lowest BCUT2D eigenvalue weighted by Gasteiger charge is -2.09. The van der Waals surface area contributed by atoms with Crippen LogP contribution in [0.25, 0.3) is 0 Å². The van der Waals surface area contributed by atoms with Crippen molar-refractivity contribution in [2.24, 2.45) is 0 Å². The average molecular weight is 444 g/mol. The number of carbonyl (C=O) groups is 2. The molecular weight excluding hydrogens is 426 g/mol. The van der Waals surface area contributed by atoms with E-state index in [0.29, 0.717) is 16.3 Å². The van der Waals surface area contributed by atoms with Crippen molar-refractivity contribution in [1.29, 1.82) is 0 Å². The Morgan fingerprint density at radius 1 is 1.10 bits per heavy atom. The zero-order valence-electron chi connectivity index (χ0n) is 15.9. The molecule has 3 aromatic rings. The predicted molar refractivity (Wildman–Crippen MR) is 119 cm³/mol. The molecule has 3 rings (SSSR count). The third-order valence-electron chi connectivity index (χ3n) is 3.95. The zero-order chi connectivity index (χ0) is 21.7. The van der Waals surface area contributed by atoms with E-state index in [1.807, 2.05) is 6.92 Å². The van der Waals surface area contributed by atoms with Gasteiger partial charge in [-0.25, -0.2) is 4.98 Å². The van der Waals surface area contributed by atoms with Gasteiger partial charge in [0.1, 0.15) is 5.69 Å². The molecule has 0 unspecified atom stereocenters. The highest BCUT2D eigenvalue weighted by Gasteiger charge is 2.15. The predicted octanol–water partition coefficient (Wildman–Crippen LogP) is 3.30. The summed E-state index contributed by atoms with van der Waals surface area (Å²) in [7, 11) is 0. The number of nitrogens with one attached hydrogen (secondary N) is 3. The molecule has 0 aliphatic rings. The molecule has 0 radical (unpaired) electrons. The Morgan fingerprint density at radius 2 is 1.77 bits per heavy atom. The second-order valence-corrected chi connectivity index (χ2v) is 7.70. The number of carbonyl (C=O) groups excluding carboxylic acids is 2. The Labute approximate surface area is 181 Å². The SMILES string of the molecule is Cc1ccc(C(=O)Nc2c(N)nc(SCC(=O)Nc3ccc(Cl)cc3)[nH]c2=O)cc1. The second kappa shape index (κ2) is 9.47. The van der Waals surface area contributed by atoms with E-state index in [1.165, 1.54) is 0 Å². The van der Waals surface area contributed by atoms with Crippen molar-refractivity contribution in [2.45, 2.75) is 12.1 Å². The second-order valence-electron chi connectivity index (χ2n) is 6.30. The van der Waals surface area contributed by atoms with Crippen molar-refractivity contribution in [3.63, 3.8) is 0 Å². The van der Waals surface area contributed by atoms with Crippen LogP contribution in [-0.4, -0.2) is 27.5 Å². The van der Waals surface area contributed by atoms with E-state index in [9.17, 15) is 14.4 Å². The largest absolute Gasteiger partial charge is 0.382 e. The molecule has 154 valence electrons. The first kappa shape index (κ1) is 21.4. The molecule has 5 N–H and O–H groups in total. The summed E-state index contributed by atoms with van der Waals surface area (Å²) >= 11 is 6.81. The standard InChI is InChI=1S/C20H18ClN5O3S/c1-11-2-4-12(5-3-11)18(28)24-16-17(22)25-20(26-19(16)29)30-10-15(27)23-14-8-6-13(21)7-9-14/h2-9H,10H2,1H3,(H,23,27)(H,24,28)(H3,22,25,26,29). The van der Waals surface area contributed by atoms with E-state index in [2.05, 4.69) is 20.6 Å². The van der Waals surface area contributed by atoms with E-state index >= 15 is 0 Å². The van der Waals surface area contributed by atoms with Gasteiger partial charge >= 0.3 is 0 Å². The number of nitrogens with zero attached hydrogens (tertiary/aromatic N) is 1. The minimum atomic E-state index is -0.608. The number of benzene rings is 2. The highest BCUT2D eigenvalue weighted by atomic mass is 35.5. The summed E-state index contributed by atoms with van der Waals surface area (Å²) in [6, 6.07) is 13.5. The molecule has 0 aliphatic heterocycles. The number of aromatic nitrogens is 2. The van der Waals surface area contributed by atoms with Gasteiger partial charge in [-0.1, -0.05) is 41.1 Å². The van der Waals surface area contributed by atoms with Gasteiger partial charge in [0.05, 0.1) is 5.75 Å². The summed E-state index contributed by atoms with van der Waals surface area (Å²) in [5.41, 5.74) is 7.08. The van der Waals surface area contributed by atoms with Gasteiger partial charge in [0.25, 0.3) is 11.5 Å². The van der Waals surface area contributed by atoms with E-state index in [0.717, 1.165) is 17.3 Å². The van der Waals surface area contributed by atoms with Crippen molar-refractivity contribution in [1.82, 2.24) is 9.97 Å². The normalized spacial score (nSPS) is 10.5. The maximum Gasteiger partial charge on any atom is 0.277 e. The lowest BCUT2D eigenvalue weighted by molar-refractivity contribution is -0.113. The molecule has 8 nitrogen and oxygen atoms in total. The van der Waals surface area contributed by atoms with Gasteiger partial charge in [0.15, 0.2) is 11.0 Å². The smallest absolute Gasteiger partial charge is 0.277 e. The van der Waals surface area contributed by atoms with Crippen molar-refractivity contribution in [2.75, 3.05) is 22.1 Å². The summed E-state index contributed by atoms with van der Waals surface area (Å²) in [5, 5.41) is 5.90. The quantitative estimate of drug-likeness (QED) is 0.341. The number of rotatable bonds is 6. The van der Waals surface area contributed by atoms with Crippen molar-refractivity contribution >= 4 is 52.4 Å². The fraction of sp³-hybridized carbons (Fsp3) is 0.100. The monoisotopic (exact) mass is 443 g/mol. The summed E-state index contributed by atoms with van der Waals surface area (Å²) < 4.78 is 0. The molecule has 0 saturated heterocycles. The van der Waals surface area contributed by atoms with Crippen LogP contribution in [0, 0.1) is 6.92 Å². The van der Waals surface area contributed by atoms with Crippen LogP contribution >= 0.6 is 23.4 Å². The summed E-state index contributed by atoms with van der Waals surface area (Å²) in [6.07, 6.45) is 0.